The van der Waals surface area contributed by atoms with Crippen molar-refractivity contribution in [3.05, 3.63) is 59.2 Å². The quantitative estimate of drug-likeness (QED) is 0.0930. The van der Waals surface area contributed by atoms with Crippen LogP contribution in [-0.4, -0.2) is 86.2 Å². The van der Waals surface area contributed by atoms with E-state index in [1.165, 1.54) is 12.1 Å². The van der Waals surface area contributed by atoms with Gasteiger partial charge >= 0.3 is 34.1 Å². The molecule has 20 heteroatoms. The molecule has 0 aliphatic carbocycles. The number of pyridine rings is 2. The van der Waals surface area contributed by atoms with Gasteiger partial charge in [0.25, 0.3) is 0 Å². The van der Waals surface area contributed by atoms with Crippen molar-refractivity contribution >= 4 is 23.9 Å². The van der Waals surface area contributed by atoms with Gasteiger partial charge in [-0.3, -0.25) is 9.97 Å². The van der Waals surface area contributed by atoms with Crippen LogP contribution < -0.4 is 66.3 Å². The number of carboxylic acid groups (broad SMARTS) is 4. The van der Waals surface area contributed by atoms with Crippen LogP contribution in [0, 0.1) is 21.7 Å². The standard InChI is InChI=1S/2C7H5NO4.4C5H14N2.2Cu/c2*9-6(10)4-2-1-3-8-5(4)7(11)12;4*1-5(2,3-6)4-7;;/h2*1-3H,(H,9,10)(H,11,12);4*3-4,6-7H2,1-2H3;;/q;;;;;;2*+2/p-4. The third-order valence-electron chi connectivity index (χ3n) is 6.86. The third kappa shape index (κ3) is 32.3. The van der Waals surface area contributed by atoms with Crippen LogP contribution >= 0.6 is 0 Å². The predicted molar refractivity (Wildman–Crippen MR) is 193 cm³/mol. The molecule has 0 aliphatic rings. The van der Waals surface area contributed by atoms with E-state index < -0.39 is 46.4 Å². The average Bonchev–Trinajstić information content (AvgIpc) is 3.12. The van der Waals surface area contributed by atoms with E-state index in [1.54, 1.807) is 0 Å². The zero-order valence-electron chi connectivity index (χ0n) is 32.5. The first kappa shape index (κ1) is 62.9. The summed E-state index contributed by atoms with van der Waals surface area (Å²) in [4.78, 5) is 47.7. The third-order valence-corrected chi connectivity index (χ3v) is 6.86. The number of carbonyl (C=O) groups is 4. The number of nitrogens with zero attached hydrogens (tertiary/aromatic N) is 2. The van der Waals surface area contributed by atoms with E-state index in [9.17, 15) is 39.6 Å². The Morgan fingerprint density at radius 2 is 0.630 bits per heavy atom. The average molecular weight is 866 g/mol. The van der Waals surface area contributed by atoms with Crippen molar-refractivity contribution in [2.75, 3.05) is 52.4 Å². The maximum atomic E-state index is 10.3. The number of nitrogens with two attached hydrogens (primary N) is 8. The molecule has 2 heterocycles. The van der Waals surface area contributed by atoms with E-state index in [-0.39, 0.29) is 55.8 Å². The van der Waals surface area contributed by atoms with E-state index in [2.05, 4.69) is 9.97 Å². The van der Waals surface area contributed by atoms with Crippen LogP contribution in [-0.2, 0) is 34.1 Å². The first-order valence-electron chi connectivity index (χ1n) is 16.1. The molecule has 0 aromatic carbocycles. The van der Waals surface area contributed by atoms with Crippen molar-refractivity contribution in [2.45, 2.75) is 55.4 Å². The molecule has 0 amide bonds. The smallest absolute Gasteiger partial charge is 0.545 e. The van der Waals surface area contributed by atoms with Gasteiger partial charge in [0.05, 0.1) is 35.3 Å². The normalized spacial score (nSPS) is 10.4. The number of carbonyl (C=O) groups excluding carboxylic acids is 4. The van der Waals surface area contributed by atoms with Gasteiger partial charge in [0.15, 0.2) is 0 Å². The molecule has 0 spiro atoms. The molecule has 2 aromatic heterocycles. The van der Waals surface area contributed by atoms with Gasteiger partial charge in [-0.1, -0.05) is 55.4 Å². The maximum Gasteiger partial charge on any atom is 2.00 e. The molecule has 0 saturated heterocycles. The van der Waals surface area contributed by atoms with Crippen molar-refractivity contribution in [2.24, 2.45) is 67.5 Å². The fraction of sp³-hybridized carbons (Fsp3) is 0.588. The van der Waals surface area contributed by atoms with Gasteiger partial charge in [-0.15, -0.1) is 0 Å². The van der Waals surface area contributed by atoms with Crippen molar-refractivity contribution < 1.29 is 73.7 Å². The summed E-state index contributed by atoms with van der Waals surface area (Å²) in [6.45, 7) is 21.8. The summed E-state index contributed by atoms with van der Waals surface area (Å²) in [5, 5.41) is 41.1. The van der Waals surface area contributed by atoms with Gasteiger partial charge in [0.1, 0.15) is 0 Å². The summed E-state index contributed by atoms with van der Waals surface area (Å²) in [5.41, 5.74) is 41.1. The monoisotopic (exact) mass is 864 g/mol. The Labute approximate surface area is 340 Å². The summed E-state index contributed by atoms with van der Waals surface area (Å²) in [7, 11) is 0. The molecule has 318 valence electrons. The second-order valence-corrected chi connectivity index (χ2v) is 14.2. The Morgan fingerprint density at radius 1 is 0.444 bits per heavy atom. The summed E-state index contributed by atoms with van der Waals surface area (Å²) < 4.78 is 0. The molecule has 2 rings (SSSR count). The van der Waals surface area contributed by atoms with E-state index in [0.29, 0.717) is 52.4 Å². The van der Waals surface area contributed by atoms with E-state index in [1.807, 2.05) is 55.4 Å². The first-order chi connectivity index (χ1) is 23.7. The van der Waals surface area contributed by atoms with Gasteiger partial charge in [-0.2, -0.15) is 0 Å². The zero-order chi connectivity index (χ0) is 41.9. The summed E-state index contributed by atoms with van der Waals surface area (Å²) in [6.07, 6.45) is 2.33. The molecule has 16 N–H and O–H groups in total. The van der Waals surface area contributed by atoms with Crippen molar-refractivity contribution in [3.8, 4) is 0 Å². The zero-order valence-corrected chi connectivity index (χ0v) is 34.4. The van der Waals surface area contributed by atoms with Gasteiger partial charge < -0.3 is 85.5 Å². The van der Waals surface area contributed by atoms with Crippen LogP contribution in [0.4, 0.5) is 0 Å². The molecular weight excluding hydrogens is 804 g/mol. The number of aromatic nitrogens is 2. The van der Waals surface area contributed by atoms with Crippen molar-refractivity contribution in [1.82, 2.24) is 9.97 Å². The Balaban J connectivity index is -0.000000130. The van der Waals surface area contributed by atoms with Gasteiger partial charge in [-0.05, 0) is 98.3 Å². The Hall–Kier alpha value is -3.10. The van der Waals surface area contributed by atoms with Crippen molar-refractivity contribution in [1.29, 1.82) is 0 Å². The SMILES string of the molecule is CC(C)(CN)CN.CC(C)(CN)CN.CC(C)(CN)CN.CC(C)(CN)CN.O=C([O-])c1cccnc1C(=O)[O-].O=C([O-])c1cccnc1C(=O)[O-].[Cu+2].[Cu+2]. The Morgan fingerprint density at radius 3 is 0.722 bits per heavy atom. The topological polar surface area (TPSA) is 394 Å². The number of rotatable bonds is 12. The Bertz CT molecular complexity index is 1110. The molecule has 54 heavy (non-hydrogen) atoms. The number of hydrogen-bond acceptors (Lipinski definition) is 18. The minimum absolute atomic E-state index is 0. The fourth-order valence-corrected chi connectivity index (χ4v) is 1.80. The largest absolute Gasteiger partial charge is 2.00 e. The Kier molecular flexibility index (Phi) is 37.5. The molecule has 0 aliphatic heterocycles. The predicted octanol–water partition coefficient (Wildman–Crippen LogP) is -4.67. The second kappa shape index (κ2) is 32.2. The molecule has 0 atom stereocenters. The van der Waals surface area contributed by atoms with Gasteiger partial charge in [-0.25, -0.2) is 0 Å². The van der Waals surface area contributed by atoms with Crippen LogP contribution in [0.5, 0.6) is 0 Å². The molecule has 0 unspecified atom stereocenters. The van der Waals surface area contributed by atoms with Gasteiger partial charge in [0.2, 0.25) is 0 Å². The van der Waals surface area contributed by atoms with Crippen LogP contribution in [0.1, 0.15) is 97.1 Å². The first-order valence-corrected chi connectivity index (χ1v) is 16.1. The van der Waals surface area contributed by atoms with E-state index in [4.69, 9.17) is 45.9 Å². The molecule has 2 aromatic rings. The summed E-state index contributed by atoms with van der Waals surface area (Å²) in [5.74, 6) is -6.42. The second-order valence-electron chi connectivity index (χ2n) is 14.2. The molecule has 0 saturated carbocycles. The van der Waals surface area contributed by atoms with Crippen LogP contribution in [0.25, 0.3) is 0 Å². The number of hydrogen-bond donors (Lipinski definition) is 8. The molecular formula is C34H62Cu2N10O8. The van der Waals surface area contributed by atoms with Crippen LogP contribution in [0.2, 0.25) is 0 Å². The van der Waals surface area contributed by atoms with E-state index >= 15 is 0 Å². The molecule has 18 nitrogen and oxygen atoms in total. The summed E-state index contributed by atoms with van der Waals surface area (Å²) in [6, 6.07) is 4.79. The van der Waals surface area contributed by atoms with Crippen molar-refractivity contribution in [3.63, 3.8) is 0 Å². The minimum atomic E-state index is -1.63. The van der Waals surface area contributed by atoms with E-state index in [0.717, 1.165) is 24.5 Å². The molecule has 0 bridgehead atoms. The molecule has 2 radical (unpaired) electrons. The molecule has 0 fully saturated rings. The van der Waals surface area contributed by atoms with Gasteiger partial charge in [0, 0.05) is 23.5 Å². The number of carboxylic acids is 4. The fourth-order valence-electron chi connectivity index (χ4n) is 1.80. The summed E-state index contributed by atoms with van der Waals surface area (Å²) >= 11 is 0. The minimum Gasteiger partial charge on any atom is -0.545 e. The maximum absolute atomic E-state index is 10.3. The number of aromatic carboxylic acids is 4. The van der Waals surface area contributed by atoms with Crippen LogP contribution in [0.3, 0.4) is 0 Å². The van der Waals surface area contributed by atoms with Crippen LogP contribution in [0.15, 0.2) is 36.7 Å².